The van der Waals surface area contributed by atoms with E-state index in [9.17, 15) is 27.5 Å². The Morgan fingerprint density at radius 1 is 1.18 bits per heavy atom. The second-order valence-electron chi connectivity index (χ2n) is 6.01. The van der Waals surface area contributed by atoms with Gasteiger partial charge in [-0.3, -0.25) is 4.79 Å². The zero-order valence-electron chi connectivity index (χ0n) is 11.6. The van der Waals surface area contributed by atoms with E-state index in [-0.39, 0.29) is 18.4 Å². The summed E-state index contributed by atoms with van der Waals surface area (Å²) in [6.07, 6.45) is -4.29. The smallest absolute Gasteiger partial charge is 0.385 e. The highest BCUT2D eigenvalue weighted by Crippen LogP contribution is 2.47. The van der Waals surface area contributed by atoms with Gasteiger partial charge >= 0.3 is 12.1 Å². The van der Waals surface area contributed by atoms with Crippen LogP contribution in [-0.2, 0) is 10.4 Å². The van der Waals surface area contributed by atoms with Crippen LogP contribution in [0, 0.1) is 5.82 Å². The lowest BCUT2D eigenvalue weighted by molar-refractivity contribution is -0.194. The first kappa shape index (κ1) is 15.3. The third-order valence-electron chi connectivity index (χ3n) is 4.62. The van der Waals surface area contributed by atoms with E-state index in [0.717, 1.165) is 4.90 Å². The van der Waals surface area contributed by atoms with Crippen LogP contribution in [0.3, 0.4) is 0 Å². The molecule has 1 amide bonds. The maximum absolute atomic E-state index is 13.9. The monoisotopic (exact) mass is 317 g/mol. The molecule has 2 bridgehead atoms. The van der Waals surface area contributed by atoms with Crippen LogP contribution >= 0.6 is 0 Å². The lowest BCUT2D eigenvalue weighted by Crippen LogP contribution is -2.55. The van der Waals surface area contributed by atoms with Gasteiger partial charge in [-0.25, -0.2) is 4.39 Å². The number of carbonyl (C=O) groups excluding carboxylic acids is 1. The van der Waals surface area contributed by atoms with E-state index in [1.807, 2.05) is 0 Å². The fraction of sp³-hybridized carbons (Fsp3) is 0.533. The molecule has 2 aliphatic rings. The summed E-state index contributed by atoms with van der Waals surface area (Å²) in [6, 6.07) is 4.29. The normalized spacial score (nSPS) is 31.4. The topological polar surface area (TPSA) is 40.5 Å². The molecule has 2 fully saturated rings. The van der Waals surface area contributed by atoms with Gasteiger partial charge in [0.15, 0.2) is 0 Å². The Morgan fingerprint density at radius 3 is 2.23 bits per heavy atom. The molecule has 2 saturated heterocycles. The summed E-state index contributed by atoms with van der Waals surface area (Å²) in [5.74, 6) is -2.45. The number of benzene rings is 1. The first-order chi connectivity index (χ1) is 10.2. The summed E-state index contributed by atoms with van der Waals surface area (Å²) in [5.41, 5.74) is -1.44. The van der Waals surface area contributed by atoms with Crippen LogP contribution in [0.1, 0.15) is 31.2 Å². The Balaban J connectivity index is 1.89. The van der Waals surface area contributed by atoms with Crippen molar-refractivity contribution in [3.63, 3.8) is 0 Å². The number of fused-ring (bicyclic) bond motifs is 2. The number of halogens is 4. The molecule has 0 aliphatic carbocycles. The predicted molar refractivity (Wildman–Crippen MR) is 69.2 cm³/mol. The van der Waals surface area contributed by atoms with Gasteiger partial charge in [0.1, 0.15) is 5.82 Å². The lowest BCUT2D eigenvalue weighted by Gasteiger charge is -2.44. The van der Waals surface area contributed by atoms with Crippen LogP contribution in [0.4, 0.5) is 17.6 Å². The molecule has 0 aromatic heterocycles. The first-order valence-corrected chi connectivity index (χ1v) is 7.09. The Bertz CT molecular complexity index is 587. The van der Waals surface area contributed by atoms with Crippen LogP contribution in [0.5, 0.6) is 0 Å². The Labute approximate surface area is 124 Å². The van der Waals surface area contributed by atoms with E-state index < -0.39 is 35.6 Å². The molecule has 0 radical (unpaired) electrons. The molecule has 3 nitrogen and oxygen atoms in total. The summed E-state index contributed by atoms with van der Waals surface area (Å²) in [4.78, 5) is 12.4. The number of hydrogen-bond acceptors (Lipinski definition) is 2. The van der Waals surface area contributed by atoms with E-state index in [0.29, 0.717) is 12.8 Å². The number of aliphatic hydroxyl groups is 1. The Hall–Kier alpha value is -1.63. The third kappa shape index (κ3) is 2.37. The van der Waals surface area contributed by atoms with Crippen molar-refractivity contribution in [3.05, 3.63) is 35.6 Å². The van der Waals surface area contributed by atoms with Crippen LogP contribution in [0.25, 0.3) is 0 Å². The van der Waals surface area contributed by atoms with Gasteiger partial charge in [0, 0.05) is 30.5 Å². The summed E-state index contributed by atoms with van der Waals surface area (Å²) in [6.45, 7) is 0. The molecular formula is C15H15F4NO2. The Kier molecular flexibility index (Phi) is 3.43. The molecule has 1 unspecified atom stereocenters. The number of alkyl halides is 3. The average Bonchev–Trinajstić information content (AvgIpc) is 2.70. The number of piperidine rings is 1. The SMILES string of the molecule is O=C(N1[C@@H]2CC[C@H]1CC(O)(c1ccccc1F)C2)C(F)(F)F. The number of hydrogen-bond donors (Lipinski definition) is 1. The largest absolute Gasteiger partial charge is 0.471 e. The van der Waals surface area contributed by atoms with Gasteiger partial charge in [0.25, 0.3) is 0 Å². The van der Waals surface area contributed by atoms with Gasteiger partial charge < -0.3 is 10.0 Å². The van der Waals surface area contributed by atoms with Crippen LogP contribution in [0.15, 0.2) is 24.3 Å². The van der Waals surface area contributed by atoms with Gasteiger partial charge in [0.2, 0.25) is 0 Å². The van der Waals surface area contributed by atoms with Crippen molar-refractivity contribution < 1.29 is 27.5 Å². The first-order valence-electron chi connectivity index (χ1n) is 7.09. The molecule has 2 heterocycles. The van der Waals surface area contributed by atoms with Crippen molar-refractivity contribution in [1.82, 2.24) is 4.90 Å². The van der Waals surface area contributed by atoms with Crippen molar-refractivity contribution in [2.75, 3.05) is 0 Å². The molecule has 7 heteroatoms. The molecule has 22 heavy (non-hydrogen) atoms. The van der Waals surface area contributed by atoms with Crippen LogP contribution in [0.2, 0.25) is 0 Å². The number of rotatable bonds is 1. The maximum Gasteiger partial charge on any atom is 0.471 e. The standard InChI is InChI=1S/C15H15F4NO2/c16-12-4-2-1-3-11(12)14(22)7-9-5-6-10(8-14)20(9)13(21)15(17,18)19/h1-4,9-10,22H,5-8H2/t9-,10+,14?. The molecule has 3 atom stereocenters. The summed E-state index contributed by atoms with van der Waals surface area (Å²) in [7, 11) is 0. The zero-order valence-corrected chi connectivity index (χ0v) is 11.6. The van der Waals surface area contributed by atoms with Crippen LogP contribution < -0.4 is 0 Å². The summed E-state index contributed by atoms with van der Waals surface area (Å²) >= 11 is 0. The molecule has 1 N–H and O–H groups in total. The zero-order chi connectivity index (χ0) is 16.1. The minimum atomic E-state index is -4.92. The van der Waals surface area contributed by atoms with E-state index in [4.69, 9.17) is 0 Å². The minimum Gasteiger partial charge on any atom is -0.385 e. The van der Waals surface area contributed by atoms with Crippen molar-refractivity contribution in [1.29, 1.82) is 0 Å². The van der Waals surface area contributed by atoms with Gasteiger partial charge in [-0.05, 0) is 18.9 Å². The lowest BCUT2D eigenvalue weighted by atomic mass is 9.80. The highest BCUT2D eigenvalue weighted by atomic mass is 19.4. The van der Waals surface area contributed by atoms with E-state index in [2.05, 4.69) is 0 Å². The molecule has 3 rings (SSSR count). The van der Waals surface area contributed by atoms with Gasteiger partial charge in [-0.15, -0.1) is 0 Å². The quantitative estimate of drug-likeness (QED) is 0.809. The van der Waals surface area contributed by atoms with E-state index in [1.54, 1.807) is 6.07 Å². The molecule has 0 saturated carbocycles. The van der Waals surface area contributed by atoms with Crippen LogP contribution in [-0.4, -0.2) is 34.2 Å². The fourth-order valence-corrected chi connectivity index (χ4v) is 3.76. The Morgan fingerprint density at radius 2 is 1.73 bits per heavy atom. The number of nitrogens with zero attached hydrogens (tertiary/aromatic N) is 1. The van der Waals surface area contributed by atoms with Gasteiger partial charge in [-0.2, -0.15) is 13.2 Å². The summed E-state index contributed by atoms with van der Waals surface area (Å²) in [5, 5.41) is 10.7. The molecule has 120 valence electrons. The second kappa shape index (κ2) is 4.94. The number of amides is 1. The highest BCUT2D eigenvalue weighted by Gasteiger charge is 2.55. The van der Waals surface area contributed by atoms with Gasteiger partial charge in [0.05, 0.1) is 5.60 Å². The van der Waals surface area contributed by atoms with Crippen molar-refractivity contribution in [3.8, 4) is 0 Å². The predicted octanol–water partition coefficient (Wildman–Crippen LogP) is 2.73. The second-order valence-corrected chi connectivity index (χ2v) is 6.01. The molecule has 1 aromatic carbocycles. The van der Waals surface area contributed by atoms with E-state index in [1.165, 1.54) is 18.2 Å². The molecule has 2 aliphatic heterocycles. The van der Waals surface area contributed by atoms with Crippen molar-refractivity contribution in [2.45, 2.75) is 49.5 Å². The van der Waals surface area contributed by atoms with Gasteiger partial charge in [-0.1, -0.05) is 18.2 Å². The summed E-state index contributed by atoms with van der Waals surface area (Å²) < 4.78 is 51.9. The fourth-order valence-electron chi connectivity index (χ4n) is 3.76. The molecule has 0 spiro atoms. The molecule has 1 aromatic rings. The van der Waals surface area contributed by atoms with E-state index >= 15 is 0 Å². The highest BCUT2D eigenvalue weighted by molar-refractivity contribution is 5.83. The number of carbonyl (C=O) groups is 1. The van der Waals surface area contributed by atoms with Crippen molar-refractivity contribution in [2.24, 2.45) is 0 Å². The minimum absolute atomic E-state index is 0.0771. The molecular weight excluding hydrogens is 302 g/mol. The van der Waals surface area contributed by atoms with Crippen molar-refractivity contribution >= 4 is 5.91 Å². The maximum atomic E-state index is 13.9. The average molecular weight is 317 g/mol. The third-order valence-corrected chi connectivity index (χ3v) is 4.62.